The highest BCUT2D eigenvalue weighted by atomic mass is 35.5. The summed E-state index contributed by atoms with van der Waals surface area (Å²) < 4.78 is 0. The highest BCUT2D eigenvalue weighted by Crippen LogP contribution is 2.21. The molecule has 0 aromatic heterocycles. The van der Waals surface area contributed by atoms with Crippen molar-refractivity contribution in [3.05, 3.63) is 58.6 Å². The van der Waals surface area contributed by atoms with E-state index in [9.17, 15) is 9.90 Å². The Bertz CT molecular complexity index is 654. The lowest BCUT2D eigenvalue weighted by molar-refractivity contribution is 0.0694. The molecule has 0 saturated heterocycles. The molecule has 102 valence electrons. The van der Waals surface area contributed by atoms with Gasteiger partial charge in [-0.2, -0.15) is 5.10 Å². The van der Waals surface area contributed by atoms with Gasteiger partial charge in [-0.25, -0.2) is 4.79 Å². The van der Waals surface area contributed by atoms with Crippen LogP contribution in [-0.4, -0.2) is 22.4 Å². The monoisotopic (exact) mass is 290 g/mol. The lowest BCUT2D eigenvalue weighted by atomic mass is 10.2. The first-order valence-corrected chi connectivity index (χ1v) is 6.05. The third kappa shape index (κ3) is 3.49. The lowest BCUT2D eigenvalue weighted by Gasteiger charge is -2.03. The molecular formula is C14H11ClN2O3. The molecule has 20 heavy (non-hydrogen) atoms. The molecule has 0 unspecified atom stereocenters. The third-order valence-corrected chi connectivity index (χ3v) is 2.76. The number of aromatic carboxylic acids is 1. The number of benzene rings is 2. The Morgan fingerprint density at radius 3 is 2.55 bits per heavy atom. The molecule has 0 fully saturated rings. The van der Waals surface area contributed by atoms with Crippen LogP contribution in [0.1, 0.15) is 15.9 Å². The molecule has 6 heteroatoms. The van der Waals surface area contributed by atoms with Gasteiger partial charge in [-0.1, -0.05) is 23.7 Å². The van der Waals surface area contributed by atoms with Crippen LogP contribution in [0.5, 0.6) is 5.75 Å². The Balaban J connectivity index is 2.09. The molecule has 2 aromatic rings. The number of hydrazone groups is 1. The van der Waals surface area contributed by atoms with Gasteiger partial charge in [0.05, 0.1) is 11.9 Å². The highest BCUT2D eigenvalue weighted by molar-refractivity contribution is 6.30. The van der Waals surface area contributed by atoms with E-state index in [2.05, 4.69) is 10.5 Å². The molecule has 0 atom stereocenters. The largest absolute Gasteiger partial charge is 0.507 e. The number of nitrogens with one attached hydrogen (secondary N) is 1. The summed E-state index contributed by atoms with van der Waals surface area (Å²) in [4.78, 5) is 10.9. The predicted octanol–water partition coefficient (Wildman–Crippen LogP) is 3.19. The van der Waals surface area contributed by atoms with Crippen LogP contribution in [0.2, 0.25) is 5.02 Å². The molecule has 0 bridgehead atoms. The highest BCUT2D eigenvalue weighted by Gasteiger charge is 2.09. The molecular weight excluding hydrogens is 280 g/mol. The van der Waals surface area contributed by atoms with Gasteiger partial charge in [0.25, 0.3) is 0 Å². The van der Waals surface area contributed by atoms with E-state index in [1.54, 1.807) is 30.5 Å². The summed E-state index contributed by atoms with van der Waals surface area (Å²) in [5.74, 6) is -1.49. The summed E-state index contributed by atoms with van der Waals surface area (Å²) >= 11 is 5.76. The van der Waals surface area contributed by atoms with Crippen molar-refractivity contribution in [3.8, 4) is 5.75 Å². The van der Waals surface area contributed by atoms with E-state index in [-0.39, 0.29) is 11.3 Å². The summed E-state index contributed by atoms with van der Waals surface area (Å²) in [6.07, 6.45) is 1.57. The van der Waals surface area contributed by atoms with E-state index in [4.69, 9.17) is 16.7 Å². The molecule has 0 radical (unpaired) electrons. The molecule has 0 aliphatic heterocycles. The fourth-order valence-electron chi connectivity index (χ4n) is 1.51. The molecule has 0 saturated carbocycles. The fourth-order valence-corrected chi connectivity index (χ4v) is 1.63. The Morgan fingerprint density at radius 1 is 1.20 bits per heavy atom. The lowest BCUT2D eigenvalue weighted by Crippen LogP contribution is -1.98. The molecule has 0 amide bonds. The van der Waals surface area contributed by atoms with Crippen LogP contribution in [0.15, 0.2) is 47.6 Å². The van der Waals surface area contributed by atoms with Gasteiger partial charge in [0.2, 0.25) is 0 Å². The summed E-state index contributed by atoms with van der Waals surface area (Å²) in [5.41, 5.74) is 3.82. The number of carboxylic acid groups (broad SMARTS) is 1. The molecule has 2 aromatic carbocycles. The Labute approximate surface area is 120 Å². The number of carbonyl (C=O) groups is 1. The zero-order valence-corrected chi connectivity index (χ0v) is 11.0. The topological polar surface area (TPSA) is 81.9 Å². The number of nitrogens with zero attached hydrogens (tertiary/aromatic N) is 1. The Morgan fingerprint density at radius 2 is 1.90 bits per heavy atom. The molecule has 0 heterocycles. The number of hydrogen-bond donors (Lipinski definition) is 3. The summed E-state index contributed by atoms with van der Waals surface area (Å²) in [6.45, 7) is 0. The van der Waals surface area contributed by atoms with Crippen LogP contribution in [0.3, 0.4) is 0 Å². The number of rotatable bonds is 4. The minimum atomic E-state index is -1.20. The van der Waals surface area contributed by atoms with Gasteiger partial charge in [0.15, 0.2) is 0 Å². The number of aromatic hydroxyl groups is 1. The Kier molecular flexibility index (Phi) is 4.22. The van der Waals surface area contributed by atoms with E-state index in [0.29, 0.717) is 10.7 Å². The van der Waals surface area contributed by atoms with Crippen LogP contribution in [0, 0.1) is 0 Å². The van der Waals surface area contributed by atoms with Crippen molar-refractivity contribution in [1.82, 2.24) is 0 Å². The second-order valence-electron chi connectivity index (χ2n) is 3.96. The van der Waals surface area contributed by atoms with E-state index in [0.717, 1.165) is 5.56 Å². The van der Waals surface area contributed by atoms with Crippen LogP contribution >= 0.6 is 11.6 Å². The molecule has 0 aliphatic rings. The number of phenols is 1. The van der Waals surface area contributed by atoms with Crippen LogP contribution < -0.4 is 5.43 Å². The SMILES string of the molecule is O=C(O)c1cc(NN=Cc2ccc(Cl)cc2)ccc1O. The van der Waals surface area contributed by atoms with E-state index in [1.165, 1.54) is 18.2 Å². The number of anilines is 1. The molecule has 0 spiro atoms. The quantitative estimate of drug-likeness (QED) is 0.459. The second kappa shape index (κ2) is 6.08. The van der Waals surface area contributed by atoms with Gasteiger partial charge < -0.3 is 10.2 Å². The van der Waals surface area contributed by atoms with Crippen molar-refractivity contribution in [3.63, 3.8) is 0 Å². The maximum Gasteiger partial charge on any atom is 0.339 e. The minimum absolute atomic E-state index is 0.184. The maximum absolute atomic E-state index is 10.9. The summed E-state index contributed by atoms with van der Waals surface area (Å²) in [6, 6.07) is 11.2. The average Bonchev–Trinajstić information content (AvgIpc) is 2.42. The van der Waals surface area contributed by atoms with Gasteiger partial charge >= 0.3 is 5.97 Å². The smallest absolute Gasteiger partial charge is 0.339 e. The van der Waals surface area contributed by atoms with Gasteiger partial charge in [0.1, 0.15) is 11.3 Å². The van der Waals surface area contributed by atoms with Crippen molar-refractivity contribution in [2.75, 3.05) is 5.43 Å². The van der Waals surface area contributed by atoms with E-state index < -0.39 is 5.97 Å². The first kappa shape index (κ1) is 13.9. The minimum Gasteiger partial charge on any atom is -0.507 e. The number of carboxylic acids is 1. The van der Waals surface area contributed by atoms with Crippen molar-refractivity contribution < 1.29 is 15.0 Å². The van der Waals surface area contributed by atoms with Gasteiger partial charge in [-0.3, -0.25) is 5.43 Å². The predicted molar refractivity (Wildman–Crippen MR) is 77.7 cm³/mol. The first-order valence-electron chi connectivity index (χ1n) is 5.67. The molecule has 3 N–H and O–H groups in total. The zero-order chi connectivity index (χ0) is 14.5. The van der Waals surface area contributed by atoms with E-state index >= 15 is 0 Å². The summed E-state index contributed by atoms with van der Waals surface area (Å²) in [5, 5.41) is 22.9. The van der Waals surface area contributed by atoms with Gasteiger partial charge in [-0.15, -0.1) is 0 Å². The van der Waals surface area contributed by atoms with Gasteiger partial charge in [0, 0.05) is 5.02 Å². The maximum atomic E-state index is 10.9. The summed E-state index contributed by atoms with van der Waals surface area (Å²) in [7, 11) is 0. The van der Waals surface area contributed by atoms with E-state index in [1.807, 2.05) is 0 Å². The van der Waals surface area contributed by atoms with Gasteiger partial charge in [-0.05, 0) is 35.9 Å². The number of hydrogen-bond acceptors (Lipinski definition) is 4. The first-order chi connectivity index (χ1) is 9.56. The van der Waals surface area contributed by atoms with Crippen LogP contribution in [-0.2, 0) is 0 Å². The number of halogens is 1. The van der Waals surface area contributed by atoms with Crippen molar-refractivity contribution in [2.45, 2.75) is 0 Å². The Hall–Kier alpha value is -2.53. The zero-order valence-electron chi connectivity index (χ0n) is 10.2. The average molecular weight is 291 g/mol. The molecule has 5 nitrogen and oxygen atoms in total. The normalized spacial score (nSPS) is 10.7. The molecule has 2 rings (SSSR count). The van der Waals surface area contributed by atoms with Crippen molar-refractivity contribution >= 4 is 29.5 Å². The van der Waals surface area contributed by atoms with Crippen LogP contribution in [0.4, 0.5) is 5.69 Å². The fraction of sp³-hybridized carbons (Fsp3) is 0. The third-order valence-electron chi connectivity index (χ3n) is 2.50. The molecule has 0 aliphatic carbocycles. The van der Waals surface area contributed by atoms with Crippen molar-refractivity contribution in [1.29, 1.82) is 0 Å². The standard InChI is InChI=1S/C14H11ClN2O3/c15-10-3-1-9(2-4-10)8-16-17-11-5-6-13(18)12(7-11)14(19)20/h1-8,17-18H,(H,19,20). The van der Waals surface area contributed by atoms with Crippen molar-refractivity contribution in [2.24, 2.45) is 5.10 Å². The second-order valence-corrected chi connectivity index (χ2v) is 4.40. The van der Waals surface area contributed by atoms with Crippen LogP contribution in [0.25, 0.3) is 0 Å².